The molecule has 1 atom stereocenters. The number of rotatable bonds is 3. The summed E-state index contributed by atoms with van der Waals surface area (Å²) >= 11 is 0. The number of nitrogens with one attached hydrogen (secondary N) is 2. The molecule has 2 rings (SSSR count). The highest BCUT2D eigenvalue weighted by Crippen LogP contribution is 2.13. The first-order valence-electron chi connectivity index (χ1n) is 6.27. The van der Waals surface area contributed by atoms with E-state index in [9.17, 15) is 9.59 Å². The molecule has 6 heteroatoms. The Kier molecular flexibility index (Phi) is 5.57. The second kappa shape index (κ2) is 6.73. The molecule has 1 aromatic rings. The molecule has 1 fully saturated rings. The lowest BCUT2D eigenvalue weighted by Crippen LogP contribution is -2.28. The number of aromatic nitrogens is 1. The highest BCUT2D eigenvalue weighted by atomic mass is 35.5. The van der Waals surface area contributed by atoms with Crippen molar-refractivity contribution in [1.82, 2.24) is 9.88 Å². The molecule has 1 amide bonds. The van der Waals surface area contributed by atoms with E-state index in [-0.39, 0.29) is 29.9 Å². The summed E-state index contributed by atoms with van der Waals surface area (Å²) in [6.07, 6.45) is 4.34. The zero-order chi connectivity index (χ0) is 13.1. The number of carbonyl (C=O) groups excluding carboxylic acids is 1. The monoisotopic (exact) mass is 285 g/mol. The van der Waals surface area contributed by atoms with E-state index < -0.39 is 0 Å². The van der Waals surface area contributed by atoms with Crippen molar-refractivity contribution in [3.8, 4) is 0 Å². The zero-order valence-electron chi connectivity index (χ0n) is 11.2. The SMILES string of the molecule is Cc1cc(=O)n(C)cc1NC(=O)CC1CCCN1.Cl. The average molecular weight is 286 g/mol. The molecule has 0 spiro atoms. The van der Waals surface area contributed by atoms with Gasteiger partial charge in [-0.3, -0.25) is 9.59 Å². The van der Waals surface area contributed by atoms with Crippen LogP contribution in [0, 0.1) is 6.92 Å². The maximum absolute atomic E-state index is 11.9. The molecule has 5 nitrogen and oxygen atoms in total. The Morgan fingerprint density at radius 2 is 2.32 bits per heavy atom. The molecule has 1 aliphatic rings. The van der Waals surface area contributed by atoms with E-state index in [0.29, 0.717) is 12.1 Å². The Hall–Kier alpha value is -1.33. The zero-order valence-corrected chi connectivity index (χ0v) is 12.0. The quantitative estimate of drug-likeness (QED) is 0.877. The van der Waals surface area contributed by atoms with Crippen LogP contribution in [0.3, 0.4) is 0 Å². The Bertz CT molecular complexity index is 507. The van der Waals surface area contributed by atoms with E-state index in [1.807, 2.05) is 6.92 Å². The third-order valence-electron chi connectivity index (χ3n) is 3.30. The molecule has 0 aromatic carbocycles. The van der Waals surface area contributed by atoms with Crippen LogP contribution in [0.5, 0.6) is 0 Å². The predicted molar refractivity (Wildman–Crippen MR) is 77.9 cm³/mol. The van der Waals surface area contributed by atoms with Crippen LogP contribution in [0.2, 0.25) is 0 Å². The summed E-state index contributed by atoms with van der Waals surface area (Å²) in [5.41, 5.74) is 1.44. The molecular formula is C13H20ClN3O2. The van der Waals surface area contributed by atoms with E-state index >= 15 is 0 Å². The normalized spacial score (nSPS) is 17.9. The first-order valence-corrected chi connectivity index (χ1v) is 6.27. The van der Waals surface area contributed by atoms with Gasteiger partial charge in [0.05, 0.1) is 5.69 Å². The van der Waals surface area contributed by atoms with Crippen molar-refractivity contribution in [2.24, 2.45) is 7.05 Å². The predicted octanol–water partition coefficient (Wildman–Crippen LogP) is 1.20. The summed E-state index contributed by atoms with van der Waals surface area (Å²) in [5, 5.41) is 6.16. The minimum atomic E-state index is -0.0667. The summed E-state index contributed by atoms with van der Waals surface area (Å²) in [5.74, 6) is -0.00357. The fourth-order valence-electron chi connectivity index (χ4n) is 2.21. The number of hydrogen-bond acceptors (Lipinski definition) is 3. The summed E-state index contributed by atoms with van der Waals surface area (Å²) in [7, 11) is 1.68. The Balaban J connectivity index is 0.00000180. The van der Waals surface area contributed by atoms with Crippen LogP contribution < -0.4 is 16.2 Å². The second-order valence-corrected chi connectivity index (χ2v) is 4.86. The average Bonchev–Trinajstić information content (AvgIpc) is 2.78. The number of amides is 1. The van der Waals surface area contributed by atoms with E-state index in [2.05, 4.69) is 10.6 Å². The van der Waals surface area contributed by atoms with Gasteiger partial charge in [0.2, 0.25) is 5.91 Å². The van der Waals surface area contributed by atoms with Crippen LogP contribution in [0.25, 0.3) is 0 Å². The third kappa shape index (κ3) is 4.08. The van der Waals surface area contributed by atoms with Gasteiger partial charge in [0.1, 0.15) is 0 Å². The number of anilines is 1. The van der Waals surface area contributed by atoms with Crippen molar-refractivity contribution in [1.29, 1.82) is 0 Å². The van der Waals surface area contributed by atoms with Gasteiger partial charge in [-0.15, -0.1) is 12.4 Å². The minimum absolute atomic E-state index is 0. The van der Waals surface area contributed by atoms with Gasteiger partial charge in [0.15, 0.2) is 0 Å². The van der Waals surface area contributed by atoms with Crippen molar-refractivity contribution in [3.05, 3.63) is 28.2 Å². The van der Waals surface area contributed by atoms with Crippen LogP contribution in [-0.2, 0) is 11.8 Å². The second-order valence-electron chi connectivity index (χ2n) is 4.86. The molecule has 106 valence electrons. The topological polar surface area (TPSA) is 63.1 Å². The van der Waals surface area contributed by atoms with Gasteiger partial charge in [-0.05, 0) is 31.9 Å². The van der Waals surface area contributed by atoms with Crippen LogP contribution in [0.15, 0.2) is 17.1 Å². The molecule has 0 radical (unpaired) electrons. The van der Waals surface area contributed by atoms with Crippen molar-refractivity contribution >= 4 is 24.0 Å². The standard InChI is InChI=1S/C13H19N3O2.ClH/c1-9-6-13(18)16(2)8-11(9)15-12(17)7-10-4-3-5-14-10;/h6,8,10,14H,3-5,7H2,1-2H3,(H,15,17);1H. The van der Waals surface area contributed by atoms with Crippen LogP contribution >= 0.6 is 12.4 Å². The summed E-state index contributed by atoms with van der Waals surface area (Å²) in [6, 6.07) is 1.82. The minimum Gasteiger partial charge on any atom is -0.325 e. The number of carbonyl (C=O) groups is 1. The number of nitrogens with zero attached hydrogens (tertiary/aromatic N) is 1. The van der Waals surface area contributed by atoms with Crippen molar-refractivity contribution < 1.29 is 4.79 Å². The Morgan fingerprint density at radius 3 is 2.95 bits per heavy atom. The molecule has 1 aliphatic heterocycles. The summed E-state index contributed by atoms with van der Waals surface area (Å²) < 4.78 is 1.47. The smallest absolute Gasteiger partial charge is 0.250 e. The molecule has 1 aromatic heterocycles. The molecule has 0 saturated carbocycles. The van der Waals surface area contributed by atoms with Crippen LogP contribution in [0.4, 0.5) is 5.69 Å². The van der Waals surface area contributed by atoms with Gasteiger partial charge in [0, 0.05) is 31.8 Å². The lowest BCUT2D eigenvalue weighted by molar-refractivity contribution is -0.116. The summed E-state index contributed by atoms with van der Waals surface area (Å²) in [6.45, 7) is 2.82. The number of halogens is 1. The van der Waals surface area contributed by atoms with E-state index in [1.165, 1.54) is 10.6 Å². The summed E-state index contributed by atoms with van der Waals surface area (Å²) in [4.78, 5) is 23.3. The van der Waals surface area contributed by atoms with Gasteiger partial charge in [-0.1, -0.05) is 0 Å². The first-order chi connectivity index (χ1) is 8.56. The Labute approximate surface area is 118 Å². The van der Waals surface area contributed by atoms with Crippen molar-refractivity contribution in [3.63, 3.8) is 0 Å². The largest absolute Gasteiger partial charge is 0.325 e. The maximum atomic E-state index is 11.9. The highest BCUT2D eigenvalue weighted by Gasteiger charge is 2.18. The fraction of sp³-hybridized carbons (Fsp3) is 0.538. The van der Waals surface area contributed by atoms with Gasteiger partial charge in [-0.2, -0.15) is 0 Å². The van der Waals surface area contributed by atoms with E-state index in [0.717, 1.165) is 24.9 Å². The van der Waals surface area contributed by atoms with E-state index in [1.54, 1.807) is 13.2 Å². The lowest BCUT2D eigenvalue weighted by atomic mass is 10.1. The van der Waals surface area contributed by atoms with Crippen molar-refractivity contribution in [2.75, 3.05) is 11.9 Å². The molecule has 19 heavy (non-hydrogen) atoms. The van der Waals surface area contributed by atoms with Crippen LogP contribution in [-0.4, -0.2) is 23.1 Å². The van der Waals surface area contributed by atoms with Crippen LogP contribution in [0.1, 0.15) is 24.8 Å². The van der Waals surface area contributed by atoms with Gasteiger partial charge in [0.25, 0.3) is 5.56 Å². The highest BCUT2D eigenvalue weighted by molar-refractivity contribution is 5.91. The fourth-order valence-corrected chi connectivity index (χ4v) is 2.21. The first kappa shape index (κ1) is 15.7. The Morgan fingerprint density at radius 1 is 1.58 bits per heavy atom. The molecule has 1 saturated heterocycles. The molecule has 0 bridgehead atoms. The van der Waals surface area contributed by atoms with Gasteiger partial charge >= 0.3 is 0 Å². The molecule has 2 N–H and O–H groups in total. The number of aryl methyl sites for hydroxylation is 2. The number of hydrogen-bond donors (Lipinski definition) is 2. The lowest BCUT2D eigenvalue weighted by Gasteiger charge is -2.12. The van der Waals surface area contributed by atoms with Crippen molar-refractivity contribution in [2.45, 2.75) is 32.2 Å². The molecule has 1 unspecified atom stereocenters. The third-order valence-corrected chi connectivity index (χ3v) is 3.30. The molecule has 0 aliphatic carbocycles. The van der Waals surface area contributed by atoms with Gasteiger partial charge < -0.3 is 15.2 Å². The van der Waals surface area contributed by atoms with E-state index in [4.69, 9.17) is 0 Å². The molecular weight excluding hydrogens is 266 g/mol. The maximum Gasteiger partial charge on any atom is 0.250 e. The number of pyridine rings is 1. The molecule has 2 heterocycles. The van der Waals surface area contributed by atoms with Gasteiger partial charge in [-0.25, -0.2) is 0 Å².